The second-order valence-electron chi connectivity index (χ2n) is 5.77. The van der Waals surface area contributed by atoms with Gasteiger partial charge in [0.1, 0.15) is 10.6 Å². The van der Waals surface area contributed by atoms with Crippen molar-refractivity contribution in [2.24, 2.45) is 0 Å². The lowest BCUT2D eigenvalue weighted by molar-refractivity contribution is 0.414. The molecule has 25 heavy (non-hydrogen) atoms. The summed E-state index contributed by atoms with van der Waals surface area (Å²) in [6, 6.07) is 7.59. The van der Waals surface area contributed by atoms with Gasteiger partial charge in [0.25, 0.3) is 5.56 Å². The number of ether oxygens (including phenoxy) is 1. The van der Waals surface area contributed by atoms with Crippen LogP contribution in [0.1, 0.15) is 30.7 Å². The second-order valence-corrected chi connectivity index (χ2v) is 7.91. The minimum atomic E-state index is 0.00491. The molecular weight excluding hydrogens is 352 g/mol. The molecule has 0 unspecified atom stereocenters. The van der Waals surface area contributed by atoms with Crippen molar-refractivity contribution in [1.29, 1.82) is 0 Å². The van der Waals surface area contributed by atoms with Crippen LogP contribution in [0.5, 0.6) is 5.75 Å². The maximum absolute atomic E-state index is 13.3. The molecule has 0 saturated heterocycles. The van der Waals surface area contributed by atoms with E-state index in [0.29, 0.717) is 0 Å². The summed E-state index contributed by atoms with van der Waals surface area (Å²) < 4.78 is 7.06. The average Bonchev–Trinajstić information content (AvgIpc) is 2.96. The quantitative estimate of drug-likeness (QED) is 0.458. The van der Waals surface area contributed by atoms with Crippen LogP contribution in [0.25, 0.3) is 15.9 Å². The minimum Gasteiger partial charge on any atom is -0.497 e. The van der Waals surface area contributed by atoms with Crippen LogP contribution in [0.3, 0.4) is 0 Å². The Morgan fingerprint density at radius 3 is 2.80 bits per heavy atom. The van der Waals surface area contributed by atoms with Crippen LogP contribution < -0.4 is 10.3 Å². The third kappa shape index (κ3) is 3.33. The summed E-state index contributed by atoms with van der Waals surface area (Å²) in [5.41, 5.74) is 1.86. The highest BCUT2D eigenvalue weighted by molar-refractivity contribution is 7.99. The molecule has 6 heteroatoms. The summed E-state index contributed by atoms with van der Waals surface area (Å²) in [4.78, 5) is 20.3. The van der Waals surface area contributed by atoms with Crippen LogP contribution in [-0.2, 0) is 6.42 Å². The number of aromatic nitrogens is 2. The van der Waals surface area contributed by atoms with Crippen LogP contribution in [0.2, 0.25) is 0 Å². The fraction of sp³-hybridized carbons (Fsp3) is 0.368. The summed E-state index contributed by atoms with van der Waals surface area (Å²) in [7, 11) is 1.63. The van der Waals surface area contributed by atoms with Crippen molar-refractivity contribution >= 4 is 33.3 Å². The van der Waals surface area contributed by atoms with Crippen molar-refractivity contribution in [3.05, 3.63) is 45.1 Å². The van der Waals surface area contributed by atoms with Gasteiger partial charge in [-0.3, -0.25) is 9.36 Å². The first-order valence-electron chi connectivity index (χ1n) is 8.42. The topological polar surface area (TPSA) is 44.1 Å². The van der Waals surface area contributed by atoms with Gasteiger partial charge in [-0.05, 0) is 37.5 Å². The number of benzene rings is 1. The van der Waals surface area contributed by atoms with E-state index in [9.17, 15) is 4.79 Å². The normalized spacial score (nSPS) is 11.2. The minimum absolute atomic E-state index is 0.00491. The Kier molecular flexibility index (Phi) is 5.49. The number of rotatable bonds is 6. The van der Waals surface area contributed by atoms with Crippen molar-refractivity contribution in [2.75, 3.05) is 12.9 Å². The molecule has 0 fully saturated rings. The molecule has 0 radical (unpaired) electrons. The predicted octanol–water partition coefficient (Wildman–Crippen LogP) is 4.83. The van der Waals surface area contributed by atoms with Gasteiger partial charge in [0.15, 0.2) is 5.16 Å². The lowest BCUT2D eigenvalue weighted by atomic mass is 10.2. The van der Waals surface area contributed by atoms with Gasteiger partial charge in [-0.15, -0.1) is 11.3 Å². The number of nitrogens with zero attached hydrogens (tertiary/aromatic N) is 2. The number of aryl methyl sites for hydroxylation is 2. The van der Waals surface area contributed by atoms with Gasteiger partial charge in [0, 0.05) is 16.7 Å². The van der Waals surface area contributed by atoms with Gasteiger partial charge in [-0.25, -0.2) is 4.98 Å². The Morgan fingerprint density at radius 2 is 2.12 bits per heavy atom. The fourth-order valence-electron chi connectivity index (χ4n) is 2.82. The number of hydrogen-bond acceptors (Lipinski definition) is 5. The lowest BCUT2D eigenvalue weighted by Crippen LogP contribution is -2.21. The maximum atomic E-state index is 13.3. The van der Waals surface area contributed by atoms with Crippen LogP contribution in [0.15, 0.2) is 34.2 Å². The molecule has 0 aliphatic rings. The standard InChI is InChI=1S/C19H22N2O2S2/c1-5-10-24-19-20-17-16(12(3)15(6-2)25-17)18(22)21(19)13-8-7-9-14(11-13)23-4/h7-9,11H,5-6,10H2,1-4H3. The van der Waals surface area contributed by atoms with E-state index in [0.717, 1.165) is 51.0 Å². The third-order valence-electron chi connectivity index (χ3n) is 4.10. The van der Waals surface area contributed by atoms with E-state index < -0.39 is 0 Å². The Hall–Kier alpha value is -1.79. The Labute approximate surface area is 155 Å². The smallest absolute Gasteiger partial charge is 0.267 e. The largest absolute Gasteiger partial charge is 0.497 e. The molecule has 0 spiro atoms. The molecule has 2 heterocycles. The molecule has 0 bridgehead atoms. The number of thioether (sulfide) groups is 1. The van der Waals surface area contributed by atoms with Gasteiger partial charge >= 0.3 is 0 Å². The highest BCUT2D eigenvalue weighted by atomic mass is 32.2. The van der Waals surface area contributed by atoms with Crippen LogP contribution >= 0.6 is 23.1 Å². The molecule has 0 N–H and O–H groups in total. The highest BCUT2D eigenvalue weighted by Gasteiger charge is 2.18. The zero-order valence-corrected chi connectivity index (χ0v) is 16.6. The van der Waals surface area contributed by atoms with Gasteiger partial charge in [-0.2, -0.15) is 0 Å². The van der Waals surface area contributed by atoms with E-state index in [1.165, 1.54) is 4.88 Å². The number of methoxy groups -OCH3 is 1. The number of fused-ring (bicyclic) bond motifs is 1. The molecule has 0 aliphatic carbocycles. The molecule has 0 atom stereocenters. The summed E-state index contributed by atoms with van der Waals surface area (Å²) in [5.74, 6) is 1.65. The van der Waals surface area contributed by atoms with Crippen molar-refractivity contribution in [3.8, 4) is 11.4 Å². The van der Waals surface area contributed by atoms with E-state index in [1.54, 1.807) is 34.8 Å². The zero-order valence-electron chi connectivity index (χ0n) is 15.0. The van der Waals surface area contributed by atoms with E-state index >= 15 is 0 Å². The van der Waals surface area contributed by atoms with E-state index in [-0.39, 0.29) is 5.56 Å². The Bertz CT molecular complexity index is 960. The van der Waals surface area contributed by atoms with E-state index in [4.69, 9.17) is 9.72 Å². The number of thiophene rings is 1. The molecule has 2 aromatic heterocycles. The van der Waals surface area contributed by atoms with Gasteiger partial charge < -0.3 is 4.74 Å². The molecule has 0 aliphatic heterocycles. The lowest BCUT2D eigenvalue weighted by Gasteiger charge is -2.13. The first-order valence-corrected chi connectivity index (χ1v) is 10.2. The van der Waals surface area contributed by atoms with Crippen molar-refractivity contribution in [3.63, 3.8) is 0 Å². The molecule has 3 rings (SSSR count). The van der Waals surface area contributed by atoms with E-state index in [1.807, 2.05) is 31.2 Å². The van der Waals surface area contributed by atoms with Gasteiger partial charge in [0.2, 0.25) is 0 Å². The van der Waals surface area contributed by atoms with E-state index in [2.05, 4.69) is 13.8 Å². The van der Waals surface area contributed by atoms with Crippen LogP contribution in [0, 0.1) is 6.92 Å². The highest BCUT2D eigenvalue weighted by Crippen LogP contribution is 2.31. The molecule has 3 aromatic rings. The first kappa shape index (κ1) is 18.0. The van der Waals surface area contributed by atoms with Crippen LogP contribution in [0.4, 0.5) is 0 Å². The molecular formula is C19H22N2O2S2. The van der Waals surface area contributed by atoms with Crippen LogP contribution in [-0.4, -0.2) is 22.4 Å². The molecule has 0 saturated carbocycles. The number of hydrogen-bond donors (Lipinski definition) is 0. The van der Waals surface area contributed by atoms with Crippen molar-refractivity contribution in [1.82, 2.24) is 9.55 Å². The monoisotopic (exact) mass is 374 g/mol. The third-order valence-corrected chi connectivity index (χ3v) is 6.57. The summed E-state index contributed by atoms with van der Waals surface area (Å²) in [5, 5.41) is 1.49. The molecule has 0 amide bonds. The van der Waals surface area contributed by atoms with Gasteiger partial charge in [-0.1, -0.05) is 31.7 Å². The SMILES string of the molecule is CCCSc1nc2sc(CC)c(C)c2c(=O)n1-c1cccc(OC)c1. The molecule has 132 valence electrons. The predicted molar refractivity (Wildman–Crippen MR) is 107 cm³/mol. The summed E-state index contributed by atoms with van der Waals surface area (Å²) in [6.07, 6.45) is 1.95. The molecule has 1 aromatic carbocycles. The maximum Gasteiger partial charge on any atom is 0.267 e. The Balaban J connectivity index is 2.31. The van der Waals surface area contributed by atoms with Gasteiger partial charge in [0.05, 0.1) is 18.2 Å². The van der Waals surface area contributed by atoms with Crippen molar-refractivity contribution in [2.45, 2.75) is 38.8 Å². The second kappa shape index (κ2) is 7.62. The van der Waals surface area contributed by atoms with Crippen molar-refractivity contribution < 1.29 is 4.74 Å². The average molecular weight is 375 g/mol. The molecule has 4 nitrogen and oxygen atoms in total. The summed E-state index contributed by atoms with van der Waals surface area (Å²) >= 11 is 3.26. The fourth-order valence-corrected chi connectivity index (χ4v) is 4.84. The summed E-state index contributed by atoms with van der Waals surface area (Å²) in [6.45, 7) is 6.27. The first-order chi connectivity index (χ1) is 12.1. The Morgan fingerprint density at radius 1 is 1.32 bits per heavy atom. The zero-order chi connectivity index (χ0) is 18.0.